The molecule has 0 fully saturated rings. The molecule has 0 aliphatic rings. The molecule has 1 rings (SSSR count). The maximum Gasteiger partial charge on any atom is 0.0662 e. The highest BCUT2D eigenvalue weighted by atomic mass is 16.5. The summed E-state index contributed by atoms with van der Waals surface area (Å²) in [6.45, 7) is 4.97. The molecular formula is C9H17N3O. The van der Waals surface area contributed by atoms with Crippen LogP contribution in [0, 0.1) is 0 Å². The van der Waals surface area contributed by atoms with Crippen LogP contribution >= 0.6 is 0 Å². The van der Waals surface area contributed by atoms with Crippen molar-refractivity contribution in [3.63, 3.8) is 0 Å². The van der Waals surface area contributed by atoms with Crippen LogP contribution in [0.5, 0.6) is 0 Å². The zero-order chi connectivity index (χ0) is 9.52. The molecule has 4 nitrogen and oxygen atoms in total. The van der Waals surface area contributed by atoms with Crippen molar-refractivity contribution in [1.82, 2.24) is 9.78 Å². The van der Waals surface area contributed by atoms with Gasteiger partial charge in [-0.1, -0.05) is 0 Å². The normalized spacial score (nSPS) is 10.6. The molecule has 1 aromatic heterocycles. The van der Waals surface area contributed by atoms with Crippen molar-refractivity contribution >= 4 is 0 Å². The van der Waals surface area contributed by atoms with Crippen LogP contribution < -0.4 is 5.73 Å². The van der Waals surface area contributed by atoms with Gasteiger partial charge < -0.3 is 10.5 Å². The van der Waals surface area contributed by atoms with E-state index in [2.05, 4.69) is 5.10 Å². The number of aromatic nitrogens is 2. The predicted octanol–water partition coefficient (Wildman–Crippen LogP) is 0.421. The van der Waals surface area contributed by atoms with E-state index in [9.17, 15) is 0 Å². The van der Waals surface area contributed by atoms with E-state index in [0.717, 1.165) is 26.2 Å². The first-order valence-corrected chi connectivity index (χ1v) is 4.66. The lowest BCUT2D eigenvalue weighted by Crippen LogP contribution is -2.06. The molecule has 74 valence electrons. The smallest absolute Gasteiger partial charge is 0.0662 e. The minimum absolute atomic E-state index is 0.678. The van der Waals surface area contributed by atoms with Crippen molar-refractivity contribution in [2.45, 2.75) is 19.9 Å². The third kappa shape index (κ3) is 3.57. The van der Waals surface area contributed by atoms with Crippen LogP contribution in [0.1, 0.15) is 12.5 Å². The molecule has 0 bridgehead atoms. The summed E-state index contributed by atoms with van der Waals surface area (Å²) in [4.78, 5) is 0. The van der Waals surface area contributed by atoms with Crippen LogP contribution in [-0.2, 0) is 17.7 Å². The number of ether oxygens (including phenoxy) is 1. The second kappa shape index (κ2) is 5.72. The van der Waals surface area contributed by atoms with E-state index < -0.39 is 0 Å². The van der Waals surface area contributed by atoms with Crippen molar-refractivity contribution in [2.75, 3.05) is 19.8 Å². The fourth-order valence-electron chi connectivity index (χ4n) is 1.13. The Bertz CT molecular complexity index is 235. The van der Waals surface area contributed by atoms with E-state index in [0.29, 0.717) is 6.54 Å². The summed E-state index contributed by atoms with van der Waals surface area (Å²) in [5.74, 6) is 0. The van der Waals surface area contributed by atoms with Gasteiger partial charge in [-0.15, -0.1) is 0 Å². The Balaban J connectivity index is 2.31. The van der Waals surface area contributed by atoms with E-state index in [1.54, 1.807) is 0 Å². The fourth-order valence-corrected chi connectivity index (χ4v) is 1.13. The van der Waals surface area contributed by atoms with Gasteiger partial charge in [-0.3, -0.25) is 4.68 Å². The molecule has 0 spiro atoms. The topological polar surface area (TPSA) is 53.1 Å². The second-order valence-corrected chi connectivity index (χ2v) is 2.85. The minimum atomic E-state index is 0.678. The molecule has 0 radical (unpaired) electrons. The van der Waals surface area contributed by atoms with Crippen molar-refractivity contribution in [3.8, 4) is 0 Å². The summed E-state index contributed by atoms with van der Waals surface area (Å²) < 4.78 is 7.11. The Labute approximate surface area is 78.7 Å². The van der Waals surface area contributed by atoms with Gasteiger partial charge in [-0.2, -0.15) is 5.10 Å². The standard InChI is InChI=1S/C9H17N3O/c1-2-13-6-5-12-8-9(3-4-10)7-11-12/h7-8H,2-6,10H2,1H3. The lowest BCUT2D eigenvalue weighted by atomic mass is 10.3. The summed E-state index contributed by atoms with van der Waals surface area (Å²) >= 11 is 0. The van der Waals surface area contributed by atoms with E-state index in [-0.39, 0.29) is 0 Å². The van der Waals surface area contributed by atoms with E-state index >= 15 is 0 Å². The summed E-state index contributed by atoms with van der Waals surface area (Å²) in [6.07, 6.45) is 4.78. The molecule has 2 N–H and O–H groups in total. The van der Waals surface area contributed by atoms with Gasteiger partial charge >= 0.3 is 0 Å². The van der Waals surface area contributed by atoms with Gasteiger partial charge in [-0.25, -0.2) is 0 Å². The van der Waals surface area contributed by atoms with Crippen LogP contribution in [0.15, 0.2) is 12.4 Å². The van der Waals surface area contributed by atoms with Gasteiger partial charge in [0.05, 0.1) is 19.3 Å². The van der Waals surface area contributed by atoms with Gasteiger partial charge in [0, 0.05) is 12.8 Å². The second-order valence-electron chi connectivity index (χ2n) is 2.85. The highest BCUT2D eigenvalue weighted by molar-refractivity contribution is 5.03. The van der Waals surface area contributed by atoms with Crippen molar-refractivity contribution in [1.29, 1.82) is 0 Å². The number of hydrogen-bond acceptors (Lipinski definition) is 3. The molecule has 0 amide bonds. The number of nitrogens with zero attached hydrogens (tertiary/aromatic N) is 2. The molecule has 0 aromatic carbocycles. The Morgan fingerprint density at radius 3 is 3.15 bits per heavy atom. The van der Waals surface area contributed by atoms with Gasteiger partial charge in [0.1, 0.15) is 0 Å². The first kappa shape index (κ1) is 10.2. The first-order valence-electron chi connectivity index (χ1n) is 4.66. The third-order valence-electron chi connectivity index (χ3n) is 1.79. The highest BCUT2D eigenvalue weighted by Crippen LogP contribution is 1.97. The van der Waals surface area contributed by atoms with Crippen LogP contribution in [0.4, 0.5) is 0 Å². The summed E-state index contributed by atoms with van der Waals surface area (Å²) in [5, 5.41) is 4.19. The van der Waals surface area contributed by atoms with E-state index in [1.807, 2.05) is 24.0 Å². The largest absolute Gasteiger partial charge is 0.380 e. The lowest BCUT2D eigenvalue weighted by Gasteiger charge is -2.00. The maximum atomic E-state index is 5.43. The number of nitrogens with two attached hydrogens (primary N) is 1. The van der Waals surface area contributed by atoms with Crippen LogP contribution in [0.25, 0.3) is 0 Å². The Kier molecular flexibility index (Phi) is 4.49. The van der Waals surface area contributed by atoms with Gasteiger partial charge in [-0.05, 0) is 25.5 Å². The number of hydrogen-bond donors (Lipinski definition) is 1. The summed E-state index contributed by atoms with van der Waals surface area (Å²) in [7, 11) is 0. The predicted molar refractivity (Wildman–Crippen MR) is 51.5 cm³/mol. The van der Waals surface area contributed by atoms with Crippen LogP contribution in [0.3, 0.4) is 0 Å². The summed E-state index contributed by atoms with van der Waals surface area (Å²) in [6, 6.07) is 0. The molecule has 4 heteroatoms. The Hall–Kier alpha value is -0.870. The van der Waals surface area contributed by atoms with Crippen molar-refractivity contribution in [3.05, 3.63) is 18.0 Å². The molecule has 0 atom stereocenters. The molecule has 0 aliphatic carbocycles. The zero-order valence-corrected chi connectivity index (χ0v) is 8.07. The van der Waals surface area contributed by atoms with Crippen LogP contribution in [-0.4, -0.2) is 29.5 Å². The molecule has 0 aliphatic heterocycles. The van der Waals surface area contributed by atoms with Gasteiger partial charge in [0.2, 0.25) is 0 Å². The average molecular weight is 183 g/mol. The average Bonchev–Trinajstić information content (AvgIpc) is 2.54. The Morgan fingerprint density at radius 2 is 2.46 bits per heavy atom. The van der Waals surface area contributed by atoms with Crippen LogP contribution in [0.2, 0.25) is 0 Å². The molecule has 1 heterocycles. The van der Waals surface area contributed by atoms with Gasteiger partial charge in [0.25, 0.3) is 0 Å². The molecule has 1 aromatic rings. The van der Waals surface area contributed by atoms with E-state index in [4.69, 9.17) is 10.5 Å². The molecule has 0 unspecified atom stereocenters. The maximum absolute atomic E-state index is 5.43. The SMILES string of the molecule is CCOCCn1cc(CCN)cn1. The van der Waals surface area contributed by atoms with Gasteiger partial charge in [0.15, 0.2) is 0 Å². The molecule has 13 heavy (non-hydrogen) atoms. The summed E-state index contributed by atoms with van der Waals surface area (Å²) in [5.41, 5.74) is 6.62. The number of rotatable bonds is 6. The third-order valence-corrected chi connectivity index (χ3v) is 1.79. The van der Waals surface area contributed by atoms with Crippen molar-refractivity contribution in [2.24, 2.45) is 5.73 Å². The Morgan fingerprint density at radius 1 is 1.62 bits per heavy atom. The first-order chi connectivity index (χ1) is 6.36. The highest BCUT2D eigenvalue weighted by Gasteiger charge is 1.96. The van der Waals surface area contributed by atoms with Crippen molar-refractivity contribution < 1.29 is 4.74 Å². The fraction of sp³-hybridized carbons (Fsp3) is 0.667. The monoisotopic (exact) mass is 183 g/mol. The zero-order valence-electron chi connectivity index (χ0n) is 8.07. The molecular weight excluding hydrogens is 166 g/mol. The van der Waals surface area contributed by atoms with E-state index in [1.165, 1.54) is 5.56 Å². The molecule has 0 saturated heterocycles. The minimum Gasteiger partial charge on any atom is -0.380 e. The quantitative estimate of drug-likeness (QED) is 0.650. The lowest BCUT2D eigenvalue weighted by molar-refractivity contribution is 0.136. The molecule has 0 saturated carbocycles.